The van der Waals surface area contributed by atoms with Crippen LogP contribution in [0, 0.1) is 5.92 Å². The fourth-order valence-electron chi connectivity index (χ4n) is 1.56. The molecule has 19 heavy (non-hydrogen) atoms. The van der Waals surface area contributed by atoms with Gasteiger partial charge in [0.1, 0.15) is 0 Å². The van der Waals surface area contributed by atoms with Gasteiger partial charge in [-0.25, -0.2) is 0 Å². The van der Waals surface area contributed by atoms with Crippen LogP contribution >= 0.6 is 0 Å². The van der Waals surface area contributed by atoms with Crippen molar-refractivity contribution in [1.29, 1.82) is 0 Å². The third-order valence-electron chi connectivity index (χ3n) is 2.73. The van der Waals surface area contributed by atoms with E-state index in [2.05, 4.69) is 29.4 Å². The first-order valence-electron chi connectivity index (χ1n) is 7.10. The second-order valence-electron chi connectivity index (χ2n) is 5.54. The summed E-state index contributed by atoms with van der Waals surface area (Å²) in [6.45, 7) is 6.13. The maximum atomic E-state index is 11.4. The van der Waals surface area contributed by atoms with Gasteiger partial charge in [0.25, 0.3) is 0 Å². The molecule has 0 saturated carbocycles. The number of hydrogen-bond acceptors (Lipinski definition) is 3. The zero-order chi connectivity index (χ0) is 14.7. The minimum Gasteiger partial charge on any atom is -0.354 e. The van der Waals surface area contributed by atoms with E-state index < -0.39 is 0 Å². The van der Waals surface area contributed by atoms with Gasteiger partial charge < -0.3 is 15.5 Å². The summed E-state index contributed by atoms with van der Waals surface area (Å²) in [5.41, 5.74) is 0. The Hall–Kier alpha value is -1.10. The molecular weight excluding hydrogens is 242 g/mol. The molecule has 0 heterocycles. The molecule has 0 aliphatic rings. The summed E-state index contributed by atoms with van der Waals surface area (Å²) in [5, 5.41) is 5.61. The molecule has 2 amide bonds. The smallest absolute Gasteiger partial charge is 0.220 e. The molecule has 0 bridgehead atoms. The molecule has 0 unspecified atom stereocenters. The summed E-state index contributed by atoms with van der Waals surface area (Å²) in [4.78, 5) is 24.9. The van der Waals surface area contributed by atoms with E-state index in [1.807, 2.05) is 14.1 Å². The average Bonchev–Trinajstić information content (AvgIpc) is 2.31. The molecule has 0 atom stereocenters. The Morgan fingerprint density at radius 1 is 1.00 bits per heavy atom. The van der Waals surface area contributed by atoms with Crippen LogP contribution in [0.5, 0.6) is 0 Å². The van der Waals surface area contributed by atoms with Gasteiger partial charge in [0, 0.05) is 25.9 Å². The normalized spacial score (nSPS) is 10.8. The summed E-state index contributed by atoms with van der Waals surface area (Å²) >= 11 is 0. The second-order valence-corrected chi connectivity index (χ2v) is 5.54. The summed E-state index contributed by atoms with van der Waals surface area (Å²) in [6, 6.07) is 0. The zero-order valence-electron chi connectivity index (χ0n) is 12.8. The molecule has 2 N–H and O–H groups in total. The van der Waals surface area contributed by atoms with Crippen LogP contribution in [0.25, 0.3) is 0 Å². The van der Waals surface area contributed by atoms with Gasteiger partial charge in [-0.05, 0) is 39.4 Å². The van der Waals surface area contributed by atoms with E-state index in [0.29, 0.717) is 31.8 Å². The van der Waals surface area contributed by atoms with Crippen LogP contribution in [-0.2, 0) is 9.59 Å². The van der Waals surface area contributed by atoms with E-state index in [-0.39, 0.29) is 11.8 Å². The quantitative estimate of drug-likeness (QED) is 0.583. The van der Waals surface area contributed by atoms with Crippen LogP contribution < -0.4 is 10.6 Å². The third-order valence-corrected chi connectivity index (χ3v) is 2.73. The predicted octanol–water partition coefficient (Wildman–Crippen LogP) is 0.997. The fourth-order valence-corrected chi connectivity index (χ4v) is 1.56. The molecule has 5 nitrogen and oxygen atoms in total. The summed E-state index contributed by atoms with van der Waals surface area (Å²) in [5.74, 6) is 0.663. The monoisotopic (exact) mass is 271 g/mol. The highest BCUT2D eigenvalue weighted by atomic mass is 16.2. The molecule has 0 aromatic heterocycles. The lowest BCUT2D eigenvalue weighted by atomic mass is 10.1. The Morgan fingerprint density at radius 3 is 2.00 bits per heavy atom. The molecular formula is C14H29N3O2. The molecule has 0 aromatic rings. The molecule has 0 aliphatic heterocycles. The highest BCUT2D eigenvalue weighted by Crippen LogP contribution is 2.02. The number of nitrogens with one attached hydrogen (secondary N) is 2. The van der Waals surface area contributed by atoms with Crippen molar-refractivity contribution in [3.05, 3.63) is 0 Å². The minimum absolute atomic E-state index is 0.0540. The molecule has 0 saturated heterocycles. The third kappa shape index (κ3) is 13.1. The van der Waals surface area contributed by atoms with Crippen LogP contribution in [0.3, 0.4) is 0 Å². The first-order valence-corrected chi connectivity index (χ1v) is 7.10. The Morgan fingerprint density at radius 2 is 1.53 bits per heavy atom. The Bertz CT molecular complexity index is 265. The van der Waals surface area contributed by atoms with Crippen LogP contribution in [0.4, 0.5) is 0 Å². The summed E-state index contributed by atoms with van der Waals surface area (Å²) < 4.78 is 0. The van der Waals surface area contributed by atoms with E-state index in [4.69, 9.17) is 0 Å². The molecule has 0 rings (SSSR count). The van der Waals surface area contributed by atoms with Crippen molar-refractivity contribution in [2.45, 2.75) is 39.5 Å². The fraction of sp³-hybridized carbons (Fsp3) is 0.857. The average molecular weight is 271 g/mol. The lowest BCUT2D eigenvalue weighted by molar-refractivity contribution is -0.123. The second kappa shape index (κ2) is 10.8. The van der Waals surface area contributed by atoms with Gasteiger partial charge in [0.15, 0.2) is 0 Å². The van der Waals surface area contributed by atoms with Gasteiger partial charge in [0.2, 0.25) is 11.8 Å². The van der Waals surface area contributed by atoms with E-state index in [9.17, 15) is 9.59 Å². The van der Waals surface area contributed by atoms with Crippen molar-refractivity contribution < 1.29 is 9.59 Å². The van der Waals surface area contributed by atoms with E-state index in [1.165, 1.54) is 0 Å². The van der Waals surface area contributed by atoms with Gasteiger partial charge >= 0.3 is 0 Å². The van der Waals surface area contributed by atoms with E-state index in [1.54, 1.807) is 0 Å². The lowest BCUT2D eigenvalue weighted by Crippen LogP contribution is -2.34. The van der Waals surface area contributed by atoms with Crippen molar-refractivity contribution in [2.24, 2.45) is 5.92 Å². The van der Waals surface area contributed by atoms with Crippen LogP contribution in [-0.4, -0.2) is 50.4 Å². The maximum Gasteiger partial charge on any atom is 0.220 e. The van der Waals surface area contributed by atoms with Gasteiger partial charge in [-0.3, -0.25) is 9.59 Å². The number of amides is 2. The van der Waals surface area contributed by atoms with Crippen LogP contribution in [0.1, 0.15) is 39.5 Å². The van der Waals surface area contributed by atoms with Gasteiger partial charge in [-0.2, -0.15) is 0 Å². The van der Waals surface area contributed by atoms with E-state index in [0.717, 1.165) is 19.4 Å². The standard InChI is InChI=1S/C14H29N3O2/c1-12(2)7-8-14(19)16-10-9-15-13(18)6-5-11-17(3)4/h12H,5-11H2,1-4H3,(H,15,18)(H,16,19). The first-order chi connectivity index (χ1) is 8.91. The highest BCUT2D eigenvalue weighted by molar-refractivity contribution is 5.77. The Labute approximate surface area is 117 Å². The zero-order valence-corrected chi connectivity index (χ0v) is 12.8. The van der Waals surface area contributed by atoms with Crippen molar-refractivity contribution in [2.75, 3.05) is 33.7 Å². The Balaban J connectivity index is 3.42. The Kier molecular flexibility index (Phi) is 10.2. The number of hydrogen-bond donors (Lipinski definition) is 2. The highest BCUT2D eigenvalue weighted by Gasteiger charge is 2.04. The molecule has 0 aliphatic carbocycles. The molecule has 0 aromatic carbocycles. The number of nitrogens with zero attached hydrogens (tertiary/aromatic N) is 1. The maximum absolute atomic E-state index is 11.4. The number of carbonyl (C=O) groups is 2. The molecule has 0 radical (unpaired) electrons. The SMILES string of the molecule is CC(C)CCC(=O)NCCNC(=O)CCCN(C)C. The van der Waals surface area contributed by atoms with Gasteiger partial charge in [-0.1, -0.05) is 13.8 Å². The number of carbonyl (C=O) groups excluding carboxylic acids is 2. The molecule has 0 spiro atoms. The van der Waals surface area contributed by atoms with E-state index >= 15 is 0 Å². The van der Waals surface area contributed by atoms with Crippen LogP contribution in [0.2, 0.25) is 0 Å². The number of rotatable bonds is 10. The van der Waals surface area contributed by atoms with Crippen molar-refractivity contribution >= 4 is 11.8 Å². The van der Waals surface area contributed by atoms with Crippen molar-refractivity contribution in [3.8, 4) is 0 Å². The predicted molar refractivity (Wildman–Crippen MR) is 77.9 cm³/mol. The van der Waals surface area contributed by atoms with Gasteiger partial charge in [-0.15, -0.1) is 0 Å². The van der Waals surface area contributed by atoms with Gasteiger partial charge in [0.05, 0.1) is 0 Å². The molecule has 0 fully saturated rings. The topological polar surface area (TPSA) is 61.4 Å². The first kappa shape index (κ1) is 17.9. The summed E-state index contributed by atoms with van der Waals surface area (Å²) in [6.07, 6.45) is 2.87. The summed E-state index contributed by atoms with van der Waals surface area (Å²) in [7, 11) is 3.98. The largest absolute Gasteiger partial charge is 0.354 e. The van der Waals surface area contributed by atoms with Crippen molar-refractivity contribution in [1.82, 2.24) is 15.5 Å². The van der Waals surface area contributed by atoms with Crippen LogP contribution in [0.15, 0.2) is 0 Å². The minimum atomic E-state index is 0.0540. The lowest BCUT2D eigenvalue weighted by Gasteiger charge is -2.10. The molecule has 112 valence electrons. The molecule has 5 heteroatoms. The van der Waals surface area contributed by atoms with Crippen molar-refractivity contribution in [3.63, 3.8) is 0 Å².